The Balaban J connectivity index is 1.09. The van der Waals surface area contributed by atoms with Gasteiger partial charge in [0.1, 0.15) is 0 Å². The summed E-state index contributed by atoms with van der Waals surface area (Å²) in [6, 6.07) is 17.7. The van der Waals surface area contributed by atoms with Crippen molar-refractivity contribution in [2.24, 2.45) is 5.92 Å². The number of aromatic amines is 1. The molecule has 2 aliphatic rings. The lowest BCUT2D eigenvalue weighted by atomic mass is 9.89. The molecule has 5 rings (SSSR count). The maximum Gasteiger partial charge on any atom is 0.317 e. The molecule has 166 valence electrons. The highest BCUT2D eigenvalue weighted by Crippen LogP contribution is 2.23. The maximum atomic E-state index is 12.8. The highest BCUT2D eigenvalue weighted by Gasteiger charge is 2.29. The van der Waals surface area contributed by atoms with E-state index in [0.717, 1.165) is 61.3 Å². The summed E-state index contributed by atoms with van der Waals surface area (Å²) >= 11 is 0. The molecule has 0 unspecified atom stereocenters. The summed E-state index contributed by atoms with van der Waals surface area (Å²) in [5.74, 6) is 1.11. The van der Waals surface area contributed by atoms with Crippen molar-refractivity contribution in [3.8, 4) is 0 Å². The number of hydrogen-bond acceptors (Lipinski definition) is 4. The molecule has 3 heterocycles. The minimum atomic E-state index is -0.00204. The van der Waals surface area contributed by atoms with Crippen molar-refractivity contribution in [2.45, 2.75) is 31.7 Å². The van der Waals surface area contributed by atoms with Crippen LogP contribution in [0.3, 0.4) is 0 Å². The number of imidazole rings is 1. The number of amides is 2. The third-order valence-electron chi connectivity index (χ3n) is 6.71. The van der Waals surface area contributed by atoms with Crippen LogP contribution in [0.15, 0.2) is 54.6 Å². The van der Waals surface area contributed by atoms with Crippen LogP contribution in [0.4, 0.5) is 10.7 Å². The van der Waals surface area contributed by atoms with Crippen LogP contribution in [0.1, 0.15) is 36.0 Å². The Morgan fingerprint density at radius 1 is 0.875 bits per heavy atom. The lowest BCUT2D eigenvalue weighted by Gasteiger charge is -2.35. The van der Waals surface area contributed by atoms with E-state index in [1.165, 1.54) is 0 Å². The van der Waals surface area contributed by atoms with Gasteiger partial charge < -0.3 is 20.1 Å². The van der Waals surface area contributed by atoms with Crippen LogP contribution in [0.25, 0.3) is 11.0 Å². The average molecular weight is 432 g/mol. The second kappa shape index (κ2) is 9.02. The van der Waals surface area contributed by atoms with E-state index in [-0.39, 0.29) is 23.8 Å². The van der Waals surface area contributed by atoms with Crippen LogP contribution in [-0.4, -0.2) is 58.9 Å². The molecule has 3 aromatic rings. The number of likely N-dealkylation sites (tertiary alicyclic amines) is 1. The summed E-state index contributed by atoms with van der Waals surface area (Å²) in [6.45, 7) is 2.98. The zero-order chi connectivity index (χ0) is 21.9. The highest BCUT2D eigenvalue weighted by molar-refractivity contribution is 5.98. The molecule has 0 saturated carbocycles. The topological polar surface area (TPSA) is 81.3 Å². The third-order valence-corrected chi connectivity index (χ3v) is 6.71. The average Bonchev–Trinajstić information content (AvgIpc) is 3.29. The molecule has 2 aromatic carbocycles. The van der Waals surface area contributed by atoms with Crippen molar-refractivity contribution < 1.29 is 9.59 Å². The number of carbonyl (C=O) groups is 2. The summed E-state index contributed by atoms with van der Waals surface area (Å²) in [5, 5.41) is 3.21. The van der Waals surface area contributed by atoms with Gasteiger partial charge in [-0.3, -0.25) is 4.79 Å². The molecule has 2 aliphatic heterocycles. The van der Waals surface area contributed by atoms with Gasteiger partial charge >= 0.3 is 6.03 Å². The molecule has 0 radical (unpaired) electrons. The molecule has 0 bridgehead atoms. The van der Waals surface area contributed by atoms with E-state index in [1.807, 2.05) is 59.5 Å². The number of urea groups is 1. The lowest BCUT2D eigenvalue weighted by molar-refractivity contribution is 0.0853. The molecule has 0 aliphatic carbocycles. The summed E-state index contributed by atoms with van der Waals surface area (Å²) in [7, 11) is 0. The zero-order valence-electron chi connectivity index (χ0n) is 18.2. The molecule has 2 N–H and O–H groups in total. The summed E-state index contributed by atoms with van der Waals surface area (Å²) in [4.78, 5) is 37.6. The summed E-state index contributed by atoms with van der Waals surface area (Å²) in [6.07, 6.45) is 3.24. The van der Waals surface area contributed by atoms with Crippen LogP contribution in [0, 0.1) is 5.92 Å². The van der Waals surface area contributed by atoms with Crippen molar-refractivity contribution in [3.05, 3.63) is 60.2 Å². The van der Waals surface area contributed by atoms with E-state index < -0.39 is 0 Å². The Morgan fingerprint density at radius 3 is 2.28 bits per heavy atom. The molecule has 2 fully saturated rings. The van der Waals surface area contributed by atoms with E-state index in [1.54, 1.807) is 0 Å². The SMILES string of the molecule is O=C(c1ccccc1)C1CCN(C(=O)NC2CCN(c3nc4ccccc4[nH]3)CC2)CC1. The second-order valence-electron chi connectivity index (χ2n) is 8.78. The number of H-pyrrole nitrogens is 1. The molecule has 32 heavy (non-hydrogen) atoms. The monoisotopic (exact) mass is 431 g/mol. The Morgan fingerprint density at radius 2 is 1.56 bits per heavy atom. The lowest BCUT2D eigenvalue weighted by Crippen LogP contribution is -2.51. The number of aromatic nitrogens is 2. The fourth-order valence-electron chi connectivity index (χ4n) is 4.77. The molecule has 2 amide bonds. The van der Waals surface area contributed by atoms with Gasteiger partial charge in [0.15, 0.2) is 5.78 Å². The first-order valence-corrected chi connectivity index (χ1v) is 11.5. The van der Waals surface area contributed by atoms with Gasteiger partial charge in [-0.2, -0.15) is 0 Å². The van der Waals surface area contributed by atoms with Crippen LogP contribution >= 0.6 is 0 Å². The van der Waals surface area contributed by atoms with Crippen molar-refractivity contribution in [2.75, 3.05) is 31.1 Å². The first kappa shape index (κ1) is 20.5. The number of rotatable bonds is 4. The normalized spacial score (nSPS) is 18.1. The van der Waals surface area contributed by atoms with Crippen molar-refractivity contribution >= 4 is 28.8 Å². The Labute approximate surface area is 187 Å². The second-order valence-corrected chi connectivity index (χ2v) is 8.78. The largest absolute Gasteiger partial charge is 0.342 e. The highest BCUT2D eigenvalue weighted by atomic mass is 16.2. The Bertz CT molecular complexity index is 1050. The molecular formula is C25H29N5O2. The maximum absolute atomic E-state index is 12.8. The number of nitrogens with zero attached hydrogens (tertiary/aromatic N) is 3. The molecular weight excluding hydrogens is 402 g/mol. The van der Waals surface area contributed by atoms with Crippen LogP contribution in [0.5, 0.6) is 0 Å². The van der Waals surface area contributed by atoms with Gasteiger partial charge in [0.05, 0.1) is 11.0 Å². The van der Waals surface area contributed by atoms with E-state index in [0.29, 0.717) is 13.1 Å². The number of piperidine rings is 2. The fraction of sp³-hybridized carbons (Fsp3) is 0.400. The predicted molar refractivity (Wildman–Crippen MR) is 125 cm³/mol. The van der Waals surface area contributed by atoms with Crippen molar-refractivity contribution in [1.29, 1.82) is 0 Å². The van der Waals surface area contributed by atoms with Crippen LogP contribution < -0.4 is 10.2 Å². The molecule has 2 saturated heterocycles. The van der Waals surface area contributed by atoms with Gasteiger partial charge in [0, 0.05) is 43.7 Å². The van der Waals surface area contributed by atoms with Gasteiger partial charge in [-0.15, -0.1) is 0 Å². The summed E-state index contributed by atoms with van der Waals surface area (Å²) in [5.41, 5.74) is 2.80. The zero-order valence-corrected chi connectivity index (χ0v) is 18.2. The number of ketones is 1. The Kier molecular flexibility index (Phi) is 5.79. The number of benzene rings is 2. The summed E-state index contributed by atoms with van der Waals surface area (Å²) < 4.78 is 0. The molecule has 7 heteroatoms. The molecule has 0 spiro atoms. The Hall–Kier alpha value is -3.35. The van der Waals surface area contributed by atoms with E-state index in [4.69, 9.17) is 0 Å². The number of Topliss-reactive ketones (excluding diaryl/α,β-unsaturated/α-hetero) is 1. The number of hydrogen-bond donors (Lipinski definition) is 2. The fourth-order valence-corrected chi connectivity index (χ4v) is 4.77. The first-order chi connectivity index (χ1) is 15.7. The van der Waals surface area contributed by atoms with Gasteiger partial charge in [-0.25, -0.2) is 9.78 Å². The number of anilines is 1. The van der Waals surface area contributed by atoms with Crippen LogP contribution in [0.2, 0.25) is 0 Å². The van der Waals surface area contributed by atoms with Gasteiger partial charge in [0.2, 0.25) is 5.95 Å². The molecule has 7 nitrogen and oxygen atoms in total. The smallest absolute Gasteiger partial charge is 0.317 e. The molecule has 1 aromatic heterocycles. The van der Waals surface area contributed by atoms with Crippen molar-refractivity contribution in [1.82, 2.24) is 20.2 Å². The number of nitrogens with one attached hydrogen (secondary N) is 2. The van der Waals surface area contributed by atoms with Gasteiger partial charge in [-0.05, 0) is 37.8 Å². The number of para-hydroxylation sites is 2. The first-order valence-electron chi connectivity index (χ1n) is 11.5. The quantitative estimate of drug-likeness (QED) is 0.615. The number of fused-ring (bicyclic) bond motifs is 1. The van der Waals surface area contributed by atoms with Gasteiger partial charge in [0.25, 0.3) is 0 Å². The van der Waals surface area contributed by atoms with E-state index >= 15 is 0 Å². The van der Waals surface area contributed by atoms with Crippen molar-refractivity contribution in [3.63, 3.8) is 0 Å². The number of carbonyl (C=O) groups excluding carboxylic acids is 2. The molecule has 0 atom stereocenters. The standard InChI is InChI=1S/C25H29N5O2/c31-23(18-6-2-1-3-7-18)19-10-14-30(15-11-19)25(32)26-20-12-16-29(17-13-20)24-27-21-8-4-5-9-22(21)28-24/h1-9,19-20H,10-17H2,(H,26,32)(H,27,28). The van der Waals surface area contributed by atoms with E-state index in [2.05, 4.69) is 20.2 Å². The van der Waals surface area contributed by atoms with Crippen LogP contribution in [-0.2, 0) is 0 Å². The minimum Gasteiger partial charge on any atom is -0.342 e. The third kappa shape index (κ3) is 4.33. The predicted octanol–water partition coefficient (Wildman–Crippen LogP) is 3.84. The van der Waals surface area contributed by atoms with E-state index in [9.17, 15) is 9.59 Å². The van der Waals surface area contributed by atoms with Gasteiger partial charge in [-0.1, -0.05) is 42.5 Å². The minimum absolute atomic E-state index is 0.00204.